The maximum Gasteiger partial charge on any atom is 0.151 e. The second-order valence-electron chi connectivity index (χ2n) is 2.18. The first-order chi connectivity index (χ1) is 5.27. The maximum absolute atomic E-state index is 6.90. The number of unbranched alkanes of at least 4 members (excludes halogenated alkanes) is 1. The first kappa shape index (κ1) is 10.8. The molecule has 11 heavy (non-hydrogen) atoms. The minimum Gasteiger partial charge on any atom is -0.381 e. The number of thioether (sulfide) groups is 1. The molecule has 0 radical (unpaired) electrons. The maximum atomic E-state index is 6.90. The van der Waals surface area contributed by atoms with Gasteiger partial charge < -0.3 is 10.5 Å². The average molecular weight is 176 g/mol. The Hall–Kier alpha value is -0.220. The smallest absolute Gasteiger partial charge is 0.151 e. The average Bonchev–Trinajstić information content (AvgIpc) is 1.96. The Kier molecular flexibility index (Phi) is 7.72. The first-order valence-corrected chi connectivity index (χ1v) is 4.80. The van der Waals surface area contributed by atoms with Crippen molar-refractivity contribution in [2.45, 2.75) is 19.8 Å². The summed E-state index contributed by atoms with van der Waals surface area (Å²) >= 11 is 1.33. The Morgan fingerprint density at radius 3 is 2.82 bits per heavy atom. The lowest BCUT2D eigenvalue weighted by Gasteiger charge is -2.01. The van der Waals surface area contributed by atoms with Crippen LogP contribution in [0.2, 0.25) is 0 Å². The summed E-state index contributed by atoms with van der Waals surface area (Å²) in [6.45, 7) is 3.66. The number of ether oxygens (including phenoxy) is 1. The van der Waals surface area contributed by atoms with Gasteiger partial charge in [0.05, 0.1) is 6.61 Å². The van der Waals surface area contributed by atoms with Gasteiger partial charge in [-0.15, -0.1) is 0 Å². The second kappa shape index (κ2) is 7.88. The van der Waals surface area contributed by atoms with Gasteiger partial charge in [-0.3, -0.25) is 5.41 Å². The summed E-state index contributed by atoms with van der Waals surface area (Å²) in [5, 5.41) is 7.07. The lowest BCUT2D eigenvalue weighted by atomic mass is 10.4. The van der Waals surface area contributed by atoms with Crippen LogP contribution in [-0.4, -0.2) is 24.1 Å². The van der Waals surface area contributed by atoms with Crippen LogP contribution in [-0.2, 0) is 4.74 Å². The van der Waals surface area contributed by atoms with E-state index in [1.165, 1.54) is 18.2 Å². The summed E-state index contributed by atoms with van der Waals surface area (Å²) in [6, 6.07) is 0. The molecule has 0 saturated carbocycles. The molecular weight excluding hydrogens is 160 g/mol. The lowest BCUT2D eigenvalue weighted by molar-refractivity contribution is 0.147. The van der Waals surface area contributed by atoms with Crippen LogP contribution in [0.15, 0.2) is 0 Å². The fourth-order valence-electron chi connectivity index (χ4n) is 0.559. The van der Waals surface area contributed by atoms with Gasteiger partial charge in [-0.2, -0.15) is 0 Å². The van der Waals surface area contributed by atoms with E-state index in [0.29, 0.717) is 6.61 Å². The molecule has 0 aromatic rings. The van der Waals surface area contributed by atoms with Gasteiger partial charge in [0.2, 0.25) is 0 Å². The number of rotatable bonds is 6. The summed E-state index contributed by atoms with van der Waals surface area (Å²) in [5.41, 5.74) is 5.12. The number of hydrogen-bond acceptors (Lipinski definition) is 3. The van der Waals surface area contributed by atoms with Crippen molar-refractivity contribution in [3.63, 3.8) is 0 Å². The van der Waals surface area contributed by atoms with Crippen molar-refractivity contribution in [1.82, 2.24) is 0 Å². The zero-order valence-electron chi connectivity index (χ0n) is 6.93. The standard InChI is InChI=1S/C7H16N2OS/c1-2-3-4-10-5-6-11-7(8)9/h2-6H2,1H3,(H3,8,9). The number of nitrogens with one attached hydrogen (secondary N) is 1. The van der Waals surface area contributed by atoms with Crippen LogP contribution in [0, 0.1) is 5.41 Å². The van der Waals surface area contributed by atoms with Gasteiger partial charge >= 0.3 is 0 Å². The number of hydrogen-bond donors (Lipinski definition) is 2. The van der Waals surface area contributed by atoms with E-state index in [2.05, 4.69) is 6.92 Å². The largest absolute Gasteiger partial charge is 0.381 e. The molecule has 0 aromatic carbocycles. The molecule has 3 nitrogen and oxygen atoms in total. The summed E-state index contributed by atoms with van der Waals surface area (Å²) in [5.74, 6) is 0.791. The molecule has 0 fully saturated rings. The molecule has 0 aliphatic carbocycles. The van der Waals surface area contributed by atoms with Crippen LogP contribution >= 0.6 is 11.8 Å². The minimum atomic E-state index is 0.170. The highest BCUT2D eigenvalue weighted by Crippen LogP contribution is 1.97. The van der Waals surface area contributed by atoms with Gasteiger partial charge in [-0.1, -0.05) is 25.1 Å². The van der Waals surface area contributed by atoms with Crippen molar-refractivity contribution in [1.29, 1.82) is 5.41 Å². The molecule has 0 spiro atoms. The summed E-state index contributed by atoms with van der Waals surface area (Å²) in [7, 11) is 0. The van der Waals surface area contributed by atoms with Crippen molar-refractivity contribution in [2.75, 3.05) is 19.0 Å². The summed E-state index contributed by atoms with van der Waals surface area (Å²) in [4.78, 5) is 0. The zero-order valence-corrected chi connectivity index (χ0v) is 7.75. The van der Waals surface area contributed by atoms with Crippen molar-refractivity contribution in [2.24, 2.45) is 5.73 Å². The highest BCUT2D eigenvalue weighted by Gasteiger charge is 1.90. The molecule has 4 heteroatoms. The predicted octanol–water partition coefficient (Wildman–Crippen LogP) is 1.43. The molecule has 0 heterocycles. The van der Waals surface area contributed by atoms with Gasteiger partial charge in [0.1, 0.15) is 0 Å². The van der Waals surface area contributed by atoms with Crippen molar-refractivity contribution >= 4 is 16.9 Å². The van der Waals surface area contributed by atoms with E-state index in [1.807, 2.05) is 0 Å². The third-order valence-corrected chi connectivity index (χ3v) is 1.81. The number of nitrogens with two attached hydrogens (primary N) is 1. The highest BCUT2D eigenvalue weighted by atomic mass is 32.2. The van der Waals surface area contributed by atoms with E-state index in [-0.39, 0.29) is 5.17 Å². The number of amidine groups is 1. The molecule has 0 rings (SSSR count). The van der Waals surface area contributed by atoms with Crippen LogP contribution in [0.25, 0.3) is 0 Å². The predicted molar refractivity (Wildman–Crippen MR) is 50.1 cm³/mol. The topological polar surface area (TPSA) is 59.1 Å². The molecule has 0 bridgehead atoms. The molecule has 0 aliphatic rings. The zero-order chi connectivity index (χ0) is 8.53. The Morgan fingerprint density at radius 1 is 1.55 bits per heavy atom. The van der Waals surface area contributed by atoms with Crippen molar-refractivity contribution in [3.8, 4) is 0 Å². The summed E-state index contributed by atoms with van der Waals surface area (Å²) in [6.07, 6.45) is 2.28. The summed E-state index contributed by atoms with van der Waals surface area (Å²) < 4.78 is 5.25. The van der Waals surface area contributed by atoms with Crippen LogP contribution in [0.5, 0.6) is 0 Å². The molecule has 0 aliphatic heterocycles. The van der Waals surface area contributed by atoms with E-state index < -0.39 is 0 Å². The Morgan fingerprint density at radius 2 is 2.27 bits per heavy atom. The van der Waals surface area contributed by atoms with Crippen molar-refractivity contribution < 1.29 is 4.74 Å². The Labute approximate surface area is 72.2 Å². The van der Waals surface area contributed by atoms with E-state index in [9.17, 15) is 0 Å². The SMILES string of the molecule is CCCCOCCSC(=N)N. The normalized spacial score (nSPS) is 9.91. The van der Waals surface area contributed by atoms with Crippen LogP contribution < -0.4 is 5.73 Å². The van der Waals surface area contributed by atoms with Crippen LogP contribution in [0.1, 0.15) is 19.8 Å². The van der Waals surface area contributed by atoms with Crippen LogP contribution in [0.4, 0.5) is 0 Å². The second-order valence-corrected chi connectivity index (χ2v) is 3.32. The van der Waals surface area contributed by atoms with Crippen molar-refractivity contribution in [3.05, 3.63) is 0 Å². The van der Waals surface area contributed by atoms with E-state index in [0.717, 1.165) is 18.8 Å². The molecule has 0 saturated heterocycles. The Balaban J connectivity index is 2.85. The monoisotopic (exact) mass is 176 g/mol. The van der Waals surface area contributed by atoms with Gasteiger partial charge in [-0.05, 0) is 6.42 Å². The van der Waals surface area contributed by atoms with Gasteiger partial charge in [0.25, 0.3) is 0 Å². The Bertz CT molecular complexity index is 109. The van der Waals surface area contributed by atoms with Gasteiger partial charge in [-0.25, -0.2) is 0 Å². The van der Waals surface area contributed by atoms with E-state index in [4.69, 9.17) is 15.9 Å². The molecule has 0 atom stereocenters. The highest BCUT2D eigenvalue weighted by molar-refractivity contribution is 8.13. The van der Waals surface area contributed by atoms with Crippen LogP contribution in [0.3, 0.4) is 0 Å². The van der Waals surface area contributed by atoms with E-state index in [1.54, 1.807) is 0 Å². The molecule has 0 aromatic heterocycles. The fraction of sp³-hybridized carbons (Fsp3) is 0.857. The third kappa shape index (κ3) is 9.78. The molecular formula is C7H16N2OS. The fourth-order valence-corrected chi connectivity index (χ4v) is 0.980. The molecule has 3 N–H and O–H groups in total. The molecule has 0 amide bonds. The van der Waals surface area contributed by atoms with Gasteiger partial charge in [0, 0.05) is 12.4 Å². The quantitative estimate of drug-likeness (QED) is 0.365. The lowest BCUT2D eigenvalue weighted by Crippen LogP contribution is -2.07. The van der Waals surface area contributed by atoms with E-state index >= 15 is 0 Å². The molecule has 0 unspecified atom stereocenters. The van der Waals surface area contributed by atoms with Gasteiger partial charge in [0.15, 0.2) is 5.17 Å². The first-order valence-electron chi connectivity index (χ1n) is 3.82. The minimum absolute atomic E-state index is 0.170. The molecule has 66 valence electrons. The third-order valence-electron chi connectivity index (χ3n) is 1.13.